The molecule has 28 heavy (non-hydrogen) atoms. The third-order valence-electron chi connectivity index (χ3n) is 3.60. The molecule has 0 aliphatic carbocycles. The topological polar surface area (TPSA) is 117 Å². The van der Waals surface area contributed by atoms with E-state index in [0.29, 0.717) is 11.4 Å². The van der Waals surface area contributed by atoms with Gasteiger partial charge in [-0.25, -0.2) is 18.6 Å². The maximum atomic E-state index is 12.1. The Morgan fingerprint density at radius 1 is 0.964 bits per heavy atom. The van der Waals surface area contributed by atoms with Gasteiger partial charge in [-0.15, -0.1) is 0 Å². The Hall–Kier alpha value is -3.04. The Kier molecular flexibility index (Phi) is 7.42. The molecule has 0 aliphatic heterocycles. The SMILES string of the molecule is C/C(CC(=O)Nc1ccccc1)=N\NC(=O)CNS(=O)(=O)c1ccc(C)cc1. The number of para-hydroxylation sites is 1. The number of hydrogen-bond donors (Lipinski definition) is 3. The second-order valence-electron chi connectivity index (χ2n) is 6.11. The van der Waals surface area contributed by atoms with E-state index in [1.165, 1.54) is 12.1 Å². The van der Waals surface area contributed by atoms with Crippen LogP contribution in [0.2, 0.25) is 0 Å². The lowest BCUT2D eigenvalue weighted by Gasteiger charge is -2.07. The Morgan fingerprint density at radius 3 is 2.25 bits per heavy atom. The zero-order valence-electron chi connectivity index (χ0n) is 15.6. The average molecular weight is 402 g/mol. The van der Waals surface area contributed by atoms with E-state index in [9.17, 15) is 18.0 Å². The lowest BCUT2D eigenvalue weighted by atomic mass is 10.2. The third-order valence-corrected chi connectivity index (χ3v) is 5.02. The van der Waals surface area contributed by atoms with Crippen LogP contribution in [-0.4, -0.2) is 32.5 Å². The van der Waals surface area contributed by atoms with Crippen molar-refractivity contribution in [2.24, 2.45) is 5.10 Å². The Labute approximate surface area is 164 Å². The third kappa shape index (κ3) is 6.93. The Bertz CT molecular complexity index is 955. The summed E-state index contributed by atoms with van der Waals surface area (Å²) in [6.45, 7) is 2.96. The van der Waals surface area contributed by atoms with Crippen LogP contribution in [0.1, 0.15) is 18.9 Å². The van der Waals surface area contributed by atoms with E-state index in [1.54, 1.807) is 43.3 Å². The van der Waals surface area contributed by atoms with E-state index in [4.69, 9.17) is 0 Å². The number of nitrogens with zero attached hydrogens (tertiary/aromatic N) is 1. The number of hydrazone groups is 1. The highest BCUT2D eigenvalue weighted by Crippen LogP contribution is 2.09. The molecule has 3 N–H and O–H groups in total. The molecule has 0 unspecified atom stereocenters. The van der Waals surface area contributed by atoms with Crippen LogP contribution >= 0.6 is 0 Å². The minimum Gasteiger partial charge on any atom is -0.326 e. The molecular weight excluding hydrogens is 380 g/mol. The fraction of sp³-hybridized carbons (Fsp3) is 0.211. The van der Waals surface area contributed by atoms with Crippen LogP contribution in [0.4, 0.5) is 5.69 Å². The number of benzene rings is 2. The minimum atomic E-state index is -3.79. The fourth-order valence-corrected chi connectivity index (χ4v) is 3.14. The first-order valence-electron chi connectivity index (χ1n) is 8.49. The Morgan fingerprint density at radius 2 is 1.61 bits per heavy atom. The molecule has 0 heterocycles. The molecule has 0 bridgehead atoms. The number of rotatable bonds is 8. The van der Waals surface area contributed by atoms with E-state index in [2.05, 4.69) is 20.6 Å². The first-order chi connectivity index (χ1) is 13.3. The zero-order chi connectivity index (χ0) is 20.6. The number of carbonyl (C=O) groups is 2. The highest BCUT2D eigenvalue weighted by molar-refractivity contribution is 7.89. The van der Waals surface area contributed by atoms with Crippen LogP contribution in [-0.2, 0) is 19.6 Å². The first kappa shape index (κ1) is 21.3. The number of hydrogen-bond acceptors (Lipinski definition) is 5. The molecule has 0 atom stereocenters. The lowest BCUT2D eigenvalue weighted by Crippen LogP contribution is -2.35. The molecule has 148 valence electrons. The zero-order valence-corrected chi connectivity index (χ0v) is 16.4. The van der Waals surface area contributed by atoms with Crippen LogP contribution < -0.4 is 15.5 Å². The normalized spacial score (nSPS) is 11.7. The van der Waals surface area contributed by atoms with Crippen LogP contribution in [0.3, 0.4) is 0 Å². The van der Waals surface area contributed by atoms with Crippen LogP contribution in [0.15, 0.2) is 64.6 Å². The molecule has 0 saturated heterocycles. The summed E-state index contributed by atoms with van der Waals surface area (Å²) in [6.07, 6.45) is -0.00965. The number of anilines is 1. The smallest absolute Gasteiger partial charge is 0.255 e. The van der Waals surface area contributed by atoms with Crippen molar-refractivity contribution in [2.75, 3.05) is 11.9 Å². The summed E-state index contributed by atoms with van der Waals surface area (Å²) >= 11 is 0. The van der Waals surface area contributed by atoms with Crippen molar-refractivity contribution in [3.8, 4) is 0 Å². The fourth-order valence-electron chi connectivity index (χ4n) is 2.16. The van der Waals surface area contributed by atoms with Crippen LogP contribution in [0, 0.1) is 6.92 Å². The van der Waals surface area contributed by atoms with Gasteiger partial charge in [0.05, 0.1) is 17.9 Å². The second-order valence-corrected chi connectivity index (χ2v) is 7.88. The first-order valence-corrected chi connectivity index (χ1v) is 9.98. The molecule has 2 aromatic carbocycles. The molecule has 0 aromatic heterocycles. The molecule has 0 radical (unpaired) electrons. The molecule has 2 aromatic rings. The molecule has 0 saturated carbocycles. The van der Waals surface area contributed by atoms with Gasteiger partial charge in [-0.1, -0.05) is 35.9 Å². The molecule has 8 nitrogen and oxygen atoms in total. The second kappa shape index (κ2) is 9.77. The van der Waals surface area contributed by atoms with Crippen molar-refractivity contribution in [3.05, 3.63) is 60.2 Å². The number of aryl methyl sites for hydroxylation is 1. The van der Waals surface area contributed by atoms with E-state index in [0.717, 1.165) is 5.56 Å². The van der Waals surface area contributed by atoms with Crippen LogP contribution in [0.25, 0.3) is 0 Å². The summed E-state index contributed by atoms with van der Waals surface area (Å²) < 4.78 is 26.5. The van der Waals surface area contributed by atoms with Gasteiger partial charge in [0.15, 0.2) is 0 Å². The van der Waals surface area contributed by atoms with Gasteiger partial charge >= 0.3 is 0 Å². The van der Waals surface area contributed by atoms with Gasteiger partial charge in [0.25, 0.3) is 5.91 Å². The highest BCUT2D eigenvalue weighted by atomic mass is 32.2. The maximum Gasteiger partial charge on any atom is 0.255 e. The molecular formula is C19H22N4O4S. The van der Waals surface area contributed by atoms with E-state index >= 15 is 0 Å². The number of amides is 2. The van der Waals surface area contributed by atoms with Gasteiger partial charge < -0.3 is 5.32 Å². The van der Waals surface area contributed by atoms with Gasteiger partial charge in [-0.05, 0) is 38.1 Å². The van der Waals surface area contributed by atoms with E-state index in [-0.39, 0.29) is 17.2 Å². The van der Waals surface area contributed by atoms with Crippen LogP contribution in [0.5, 0.6) is 0 Å². The van der Waals surface area contributed by atoms with Crippen molar-refractivity contribution < 1.29 is 18.0 Å². The lowest BCUT2D eigenvalue weighted by molar-refractivity contribution is -0.120. The number of carbonyl (C=O) groups excluding carboxylic acids is 2. The molecule has 0 fully saturated rings. The summed E-state index contributed by atoms with van der Waals surface area (Å²) in [4.78, 5) is 23.8. The predicted octanol–water partition coefficient (Wildman–Crippen LogP) is 1.79. The average Bonchev–Trinajstić information content (AvgIpc) is 2.66. The Balaban J connectivity index is 1.80. The van der Waals surface area contributed by atoms with E-state index in [1.807, 2.05) is 13.0 Å². The largest absolute Gasteiger partial charge is 0.326 e. The van der Waals surface area contributed by atoms with Gasteiger partial charge in [-0.3, -0.25) is 9.59 Å². The monoisotopic (exact) mass is 402 g/mol. The van der Waals surface area contributed by atoms with Gasteiger partial charge in [0, 0.05) is 11.4 Å². The number of sulfonamides is 1. The van der Waals surface area contributed by atoms with Crippen molar-refractivity contribution in [2.45, 2.75) is 25.2 Å². The molecule has 2 rings (SSSR count). The summed E-state index contributed by atoms with van der Waals surface area (Å²) in [5, 5.41) is 6.52. The summed E-state index contributed by atoms with van der Waals surface area (Å²) in [5.74, 6) is -0.916. The molecule has 0 spiro atoms. The summed E-state index contributed by atoms with van der Waals surface area (Å²) in [5.41, 5.74) is 4.20. The molecule has 9 heteroatoms. The van der Waals surface area contributed by atoms with Crippen molar-refractivity contribution in [1.29, 1.82) is 0 Å². The van der Waals surface area contributed by atoms with E-state index < -0.39 is 22.5 Å². The van der Waals surface area contributed by atoms with Crippen molar-refractivity contribution in [1.82, 2.24) is 10.1 Å². The van der Waals surface area contributed by atoms with Gasteiger partial charge in [0.1, 0.15) is 0 Å². The van der Waals surface area contributed by atoms with Gasteiger partial charge in [0.2, 0.25) is 15.9 Å². The minimum absolute atomic E-state index is 0.00965. The van der Waals surface area contributed by atoms with Crippen molar-refractivity contribution >= 4 is 33.2 Å². The van der Waals surface area contributed by atoms with Crippen molar-refractivity contribution in [3.63, 3.8) is 0 Å². The summed E-state index contributed by atoms with van der Waals surface area (Å²) in [7, 11) is -3.79. The predicted molar refractivity (Wildman–Crippen MR) is 107 cm³/mol. The standard InChI is InChI=1S/C19H22N4O4S/c1-14-8-10-17(11-9-14)28(26,27)20-13-19(25)23-22-15(2)12-18(24)21-16-6-4-3-5-7-16/h3-11,20H,12-13H2,1-2H3,(H,21,24)(H,23,25)/b22-15+. The quantitative estimate of drug-likeness (QED) is 0.461. The highest BCUT2D eigenvalue weighted by Gasteiger charge is 2.15. The summed E-state index contributed by atoms with van der Waals surface area (Å²) in [6, 6.07) is 15.2. The molecule has 0 aliphatic rings. The maximum absolute atomic E-state index is 12.1. The molecule has 2 amide bonds. The number of nitrogens with one attached hydrogen (secondary N) is 3. The van der Waals surface area contributed by atoms with Gasteiger partial charge in [-0.2, -0.15) is 5.10 Å².